The molecule has 3 N–H and O–H groups in total. The first-order chi connectivity index (χ1) is 15.7. The summed E-state index contributed by atoms with van der Waals surface area (Å²) in [6, 6.07) is 15.6. The summed E-state index contributed by atoms with van der Waals surface area (Å²) in [4.78, 5) is 23.0. The number of rotatable bonds is 5. The fourth-order valence-corrected chi connectivity index (χ4v) is 4.63. The van der Waals surface area contributed by atoms with E-state index in [4.69, 9.17) is 20.4 Å². The number of methoxy groups -OCH3 is 1. The summed E-state index contributed by atoms with van der Waals surface area (Å²) < 4.78 is 7.25. The van der Waals surface area contributed by atoms with Gasteiger partial charge in [0.2, 0.25) is 0 Å². The SMILES string of the molecule is COc1ccc(CNC(=O)c2c(N)n(C3CCCCC3)c3nc4ccccc4nc23)cc1. The van der Waals surface area contributed by atoms with Gasteiger partial charge in [0.15, 0.2) is 5.65 Å². The highest BCUT2D eigenvalue weighted by molar-refractivity contribution is 6.10. The van der Waals surface area contributed by atoms with Crippen LogP contribution in [-0.2, 0) is 6.54 Å². The Morgan fingerprint density at radius 1 is 1.06 bits per heavy atom. The number of carbonyl (C=O) groups is 1. The zero-order valence-corrected chi connectivity index (χ0v) is 18.2. The number of nitrogens with one attached hydrogen (secondary N) is 1. The van der Waals surface area contributed by atoms with Gasteiger partial charge >= 0.3 is 0 Å². The van der Waals surface area contributed by atoms with Crippen molar-refractivity contribution in [2.24, 2.45) is 0 Å². The molecule has 2 heterocycles. The predicted molar refractivity (Wildman–Crippen MR) is 126 cm³/mol. The van der Waals surface area contributed by atoms with Crippen molar-refractivity contribution in [1.82, 2.24) is 19.9 Å². The van der Waals surface area contributed by atoms with Crippen LogP contribution in [0.2, 0.25) is 0 Å². The number of nitrogens with two attached hydrogens (primary N) is 1. The highest BCUT2D eigenvalue weighted by Gasteiger charge is 2.28. The minimum atomic E-state index is -0.234. The molecule has 1 saturated carbocycles. The van der Waals surface area contributed by atoms with E-state index in [9.17, 15) is 4.79 Å². The summed E-state index contributed by atoms with van der Waals surface area (Å²) in [5.74, 6) is 0.999. The molecule has 5 rings (SSSR count). The van der Waals surface area contributed by atoms with Crippen molar-refractivity contribution in [3.63, 3.8) is 0 Å². The second-order valence-electron chi connectivity index (χ2n) is 8.34. The van der Waals surface area contributed by atoms with E-state index in [0.29, 0.717) is 29.1 Å². The Bertz CT molecular complexity index is 1270. The molecule has 7 heteroatoms. The molecule has 1 aliphatic rings. The standard InChI is InChI=1S/C25H27N5O2/c1-32-18-13-11-16(12-14-18)15-27-25(31)21-22-24(29-20-10-6-5-9-19(20)28-22)30(23(21)26)17-7-3-2-4-8-17/h5-6,9-14,17H,2-4,7-8,15,26H2,1H3,(H,27,31). The first-order valence-corrected chi connectivity index (χ1v) is 11.1. The van der Waals surface area contributed by atoms with Crippen LogP contribution in [0.25, 0.3) is 22.2 Å². The lowest BCUT2D eigenvalue weighted by molar-refractivity contribution is 0.0953. The van der Waals surface area contributed by atoms with Gasteiger partial charge in [0.05, 0.1) is 18.1 Å². The van der Waals surface area contributed by atoms with E-state index in [2.05, 4.69) is 9.88 Å². The molecule has 0 aliphatic heterocycles. The zero-order chi connectivity index (χ0) is 22.1. The number of hydrogen-bond donors (Lipinski definition) is 2. The van der Waals surface area contributed by atoms with Gasteiger partial charge in [0.1, 0.15) is 22.6 Å². The molecular formula is C25H27N5O2. The molecule has 2 aromatic heterocycles. The van der Waals surface area contributed by atoms with Gasteiger partial charge in [-0.2, -0.15) is 0 Å². The summed E-state index contributed by atoms with van der Waals surface area (Å²) in [5.41, 5.74) is 10.8. The van der Waals surface area contributed by atoms with Crippen LogP contribution in [-0.4, -0.2) is 27.6 Å². The van der Waals surface area contributed by atoms with E-state index in [-0.39, 0.29) is 11.9 Å². The molecule has 1 amide bonds. The van der Waals surface area contributed by atoms with Crippen LogP contribution in [0.4, 0.5) is 5.82 Å². The zero-order valence-electron chi connectivity index (χ0n) is 18.2. The molecule has 0 atom stereocenters. The molecule has 0 spiro atoms. The molecular weight excluding hydrogens is 402 g/mol. The number of benzene rings is 2. The van der Waals surface area contributed by atoms with Crippen LogP contribution in [0, 0.1) is 0 Å². The Morgan fingerprint density at radius 3 is 2.44 bits per heavy atom. The maximum absolute atomic E-state index is 13.3. The number of amides is 1. The minimum absolute atomic E-state index is 0.234. The van der Waals surface area contributed by atoms with E-state index < -0.39 is 0 Å². The molecule has 2 aromatic carbocycles. The van der Waals surface area contributed by atoms with Gasteiger partial charge < -0.3 is 20.4 Å². The molecule has 164 valence electrons. The number of hydrogen-bond acceptors (Lipinski definition) is 5. The lowest BCUT2D eigenvalue weighted by atomic mass is 9.95. The first-order valence-electron chi connectivity index (χ1n) is 11.1. The van der Waals surface area contributed by atoms with Crippen LogP contribution < -0.4 is 15.8 Å². The summed E-state index contributed by atoms with van der Waals surface area (Å²) >= 11 is 0. The van der Waals surface area contributed by atoms with Crippen LogP contribution in [0.1, 0.15) is 54.1 Å². The molecule has 0 bridgehead atoms. The summed E-state index contributed by atoms with van der Waals surface area (Å²) in [6.45, 7) is 0.388. The van der Waals surface area contributed by atoms with E-state index in [0.717, 1.165) is 48.0 Å². The maximum Gasteiger partial charge on any atom is 0.257 e. The van der Waals surface area contributed by atoms with Crippen molar-refractivity contribution in [2.45, 2.75) is 44.7 Å². The van der Waals surface area contributed by atoms with E-state index in [1.165, 1.54) is 6.42 Å². The van der Waals surface area contributed by atoms with Crippen molar-refractivity contribution in [1.29, 1.82) is 0 Å². The Balaban J connectivity index is 1.55. The third-order valence-electron chi connectivity index (χ3n) is 6.31. The number of fused-ring (bicyclic) bond motifs is 2. The second-order valence-corrected chi connectivity index (χ2v) is 8.34. The fourth-order valence-electron chi connectivity index (χ4n) is 4.63. The average molecular weight is 430 g/mol. The van der Waals surface area contributed by atoms with Crippen LogP contribution in [0.3, 0.4) is 0 Å². The molecule has 1 fully saturated rings. The Hall–Kier alpha value is -3.61. The third-order valence-corrected chi connectivity index (χ3v) is 6.31. The van der Waals surface area contributed by atoms with Crippen molar-refractivity contribution in [3.8, 4) is 5.75 Å². The van der Waals surface area contributed by atoms with Crippen molar-refractivity contribution >= 4 is 33.9 Å². The summed E-state index contributed by atoms with van der Waals surface area (Å²) in [7, 11) is 1.63. The van der Waals surface area contributed by atoms with E-state index in [1.54, 1.807) is 7.11 Å². The number of anilines is 1. The monoisotopic (exact) mass is 429 g/mol. The number of para-hydroxylation sites is 2. The number of nitrogens with zero attached hydrogens (tertiary/aromatic N) is 3. The molecule has 0 saturated heterocycles. The van der Waals surface area contributed by atoms with Gasteiger partial charge in [-0.25, -0.2) is 9.97 Å². The predicted octanol–water partition coefficient (Wildman–Crippen LogP) is 4.61. The third kappa shape index (κ3) is 3.64. The number of nitrogen functional groups attached to an aromatic ring is 1. The molecule has 32 heavy (non-hydrogen) atoms. The van der Waals surface area contributed by atoms with Gasteiger partial charge in [-0.15, -0.1) is 0 Å². The van der Waals surface area contributed by atoms with E-state index >= 15 is 0 Å². The Kier molecular flexibility index (Phi) is 5.39. The summed E-state index contributed by atoms with van der Waals surface area (Å²) in [5, 5.41) is 3.01. The van der Waals surface area contributed by atoms with Crippen molar-refractivity contribution in [3.05, 3.63) is 59.7 Å². The van der Waals surface area contributed by atoms with Crippen LogP contribution in [0.15, 0.2) is 48.5 Å². The van der Waals surface area contributed by atoms with Gasteiger partial charge in [-0.1, -0.05) is 43.5 Å². The number of aromatic nitrogens is 3. The Morgan fingerprint density at radius 2 is 1.75 bits per heavy atom. The molecule has 4 aromatic rings. The van der Waals surface area contributed by atoms with Crippen LogP contribution in [0.5, 0.6) is 5.75 Å². The van der Waals surface area contributed by atoms with Crippen molar-refractivity contribution in [2.75, 3.05) is 12.8 Å². The smallest absolute Gasteiger partial charge is 0.257 e. The fraction of sp³-hybridized carbons (Fsp3) is 0.320. The van der Waals surface area contributed by atoms with Crippen molar-refractivity contribution < 1.29 is 9.53 Å². The maximum atomic E-state index is 13.3. The normalized spacial score (nSPS) is 14.7. The molecule has 1 aliphatic carbocycles. The van der Waals surface area contributed by atoms with Gasteiger partial charge in [-0.05, 0) is 42.7 Å². The lowest BCUT2D eigenvalue weighted by Gasteiger charge is -2.25. The topological polar surface area (TPSA) is 95.1 Å². The molecule has 0 radical (unpaired) electrons. The second kappa shape index (κ2) is 8.49. The number of carbonyl (C=O) groups excluding carboxylic acids is 1. The van der Waals surface area contributed by atoms with E-state index in [1.807, 2.05) is 48.5 Å². The highest BCUT2D eigenvalue weighted by Crippen LogP contribution is 2.37. The van der Waals surface area contributed by atoms with Gasteiger partial charge in [0.25, 0.3) is 5.91 Å². The van der Waals surface area contributed by atoms with Gasteiger partial charge in [-0.3, -0.25) is 4.79 Å². The highest BCUT2D eigenvalue weighted by atomic mass is 16.5. The largest absolute Gasteiger partial charge is 0.497 e. The van der Waals surface area contributed by atoms with Crippen LogP contribution >= 0.6 is 0 Å². The Labute approximate surface area is 186 Å². The first kappa shape index (κ1) is 20.3. The number of ether oxygens (including phenoxy) is 1. The minimum Gasteiger partial charge on any atom is -0.497 e. The molecule has 0 unspecified atom stereocenters. The molecule has 7 nitrogen and oxygen atoms in total. The van der Waals surface area contributed by atoms with Gasteiger partial charge in [0, 0.05) is 12.6 Å². The average Bonchev–Trinajstić information content (AvgIpc) is 3.12. The lowest BCUT2D eigenvalue weighted by Crippen LogP contribution is -2.24. The summed E-state index contributed by atoms with van der Waals surface area (Å²) in [6.07, 6.45) is 5.62. The quantitative estimate of drug-likeness (QED) is 0.483.